The molecular formula is C8H7F4NS. The van der Waals surface area contributed by atoms with E-state index in [1.54, 1.807) is 0 Å². The molecule has 0 atom stereocenters. The number of hydrogen-bond acceptors (Lipinski definition) is 2. The zero-order valence-corrected chi connectivity index (χ0v) is 7.75. The third-order valence-electron chi connectivity index (χ3n) is 1.49. The summed E-state index contributed by atoms with van der Waals surface area (Å²) in [5.74, 6) is 0. The molecule has 0 unspecified atom stereocenters. The molecule has 2 N–H and O–H groups in total. The van der Waals surface area contributed by atoms with Gasteiger partial charge in [0, 0.05) is 16.1 Å². The number of hydrogen-bond donors (Lipinski definition) is 1. The zero-order valence-electron chi connectivity index (χ0n) is 6.94. The van der Waals surface area contributed by atoms with Crippen LogP contribution in [0.25, 0.3) is 0 Å². The molecule has 1 aromatic carbocycles. The smallest absolute Gasteiger partial charge is 0.398 e. The summed E-state index contributed by atoms with van der Waals surface area (Å²) in [6, 6.07) is 3.59. The Hall–Kier alpha value is -0.910. The minimum Gasteiger partial charge on any atom is -0.398 e. The predicted molar refractivity (Wildman–Crippen MR) is 47.6 cm³/mol. The van der Waals surface area contributed by atoms with Crippen LogP contribution in [0.4, 0.5) is 23.2 Å². The van der Waals surface area contributed by atoms with Crippen molar-refractivity contribution < 1.29 is 17.6 Å². The Balaban J connectivity index is 2.90. The molecule has 1 aromatic rings. The van der Waals surface area contributed by atoms with Crippen molar-refractivity contribution in [2.45, 2.75) is 17.1 Å². The summed E-state index contributed by atoms with van der Waals surface area (Å²) in [6.07, 6.45) is 0. The molecule has 0 fully saturated rings. The number of nitrogen functional groups attached to an aromatic ring is 1. The zero-order chi connectivity index (χ0) is 10.8. The first-order valence-corrected chi connectivity index (χ1v) is 4.44. The van der Waals surface area contributed by atoms with Gasteiger partial charge in [0.2, 0.25) is 0 Å². The van der Waals surface area contributed by atoms with Gasteiger partial charge in [-0.1, -0.05) is 0 Å². The van der Waals surface area contributed by atoms with Gasteiger partial charge in [0.25, 0.3) is 0 Å². The number of thioether (sulfide) groups is 1. The van der Waals surface area contributed by atoms with Crippen molar-refractivity contribution in [2.75, 3.05) is 5.73 Å². The summed E-state index contributed by atoms with van der Waals surface area (Å²) in [4.78, 5) is -0.0562. The Morgan fingerprint density at radius 2 is 1.93 bits per heavy atom. The van der Waals surface area contributed by atoms with Crippen molar-refractivity contribution in [1.29, 1.82) is 0 Å². The molecule has 0 spiro atoms. The maximum absolute atomic E-state index is 12.2. The molecular weight excluding hydrogens is 218 g/mol. The van der Waals surface area contributed by atoms with Gasteiger partial charge in [-0.3, -0.25) is 0 Å². The van der Waals surface area contributed by atoms with Crippen molar-refractivity contribution in [3.05, 3.63) is 23.8 Å². The van der Waals surface area contributed by atoms with E-state index in [9.17, 15) is 17.6 Å². The van der Waals surface area contributed by atoms with E-state index in [4.69, 9.17) is 5.73 Å². The van der Waals surface area contributed by atoms with Crippen molar-refractivity contribution >= 4 is 17.4 Å². The van der Waals surface area contributed by atoms with Crippen molar-refractivity contribution in [3.63, 3.8) is 0 Å². The molecule has 1 rings (SSSR count). The Bertz CT molecular complexity index is 324. The van der Waals surface area contributed by atoms with Crippen LogP contribution in [0.2, 0.25) is 0 Å². The molecule has 0 saturated heterocycles. The molecule has 78 valence electrons. The SMILES string of the molecule is Nc1ccc(SC(F)(F)F)cc1CF. The fourth-order valence-corrected chi connectivity index (χ4v) is 1.50. The minimum atomic E-state index is -4.36. The molecule has 0 heterocycles. The summed E-state index contributed by atoms with van der Waals surface area (Å²) in [5.41, 5.74) is 1.22. The quantitative estimate of drug-likeness (QED) is 0.474. The molecule has 0 aliphatic rings. The first-order chi connectivity index (χ1) is 6.42. The second-order valence-electron chi connectivity index (χ2n) is 2.54. The number of anilines is 1. The van der Waals surface area contributed by atoms with Crippen LogP contribution in [0.1, 0.15) is 5.56 Å². The maximum atomic E-state index is 12.2. The van der Waals surface area contributed by atoms with E-state index in [-0.39, 0.29) is 27.9 Å². The number of halogens is 4. The number of alkyl halides is 4. The van der Waals surface area contributed by atoms with Crippen molar-refractivity contribution in [1.82, 2.24) is 0 Å². The van der Waals surface area contributed by atoms with Crippen LogP contribution in [0.3, 0.4) is 0 Å². The first kappa shape index (κ1) is 11.2. The molecule has 0 bridgehead atoms. The fraction of sp³-hybridized carbons (Fsp3) is 0.250. The molecule has 0 amide bonds. The van der Waals surface area contributed by atoms with Crippen LogP contribution in [0.5, 0.6) is 0 Å². The highest BCUT2D eigenvalue weighted by atomic mass is 32.2. The molecule has 6 heteroatoms. The maximum Gasteiger partial charge on any atom is 0.446 e. The van der Waals surface area contributed by atoms with Crippen LogP contribution >= 0.6 is 11.8 Å². The standard InChI is InChI=1S/C8H7F4NS/c9-4-5-3-6(1-2-7(5)13)14-8(10,11)12/h1-3H,4,13H2. The second kappa shape index (κ2) is 4.08. The van der Waals surface area contributed by atoms with Crippen LogP contribution < -0.4 is 5.73 Å². The Morgan fingerprint density at radius 3 is 2.43 bits per heavy atom. The van der Waals surface area contributed by atoms with E-state index >= 15 is 0 Å². The molecule has 0 aliphatic heterocycles. The molecule has 0 radical (unpaired) electrons. The van der Waals surface area contributed by atoms with Crippen LogP contribution in [-0.4, -0.2) is 5.51 Å². The molecule has 0 saturated carbocycles. The van der Waals surface area contributed by atoms with Crippen molar-refractivity contribution in [2.24, 2.45) is 0 Å². The van der Waals surface area contributed by atoms with E-state index in [1.807, 2.05) is 0 Å². The average molecular weight is 225 g/mol. The Morgan fingerprint density at radius 1 is 1.29 bits per heavy atom. The van der Waals surface area contributed by atoms with Gasteiger partial charge in [0.1, 0.15) is 6.67 Å². The van der Waals surface area contributed by atoms with Gasteiger partial charge >= 0.3 is 5.51 Å². The largest absolute Gasteiger partial charge is 0.446 e. The summed E-state index contributed by atoms with van der Waals surface area (Å²) in [7, 11) is 0. The third kappa shape index (κ3) is 3.10. The Labute approximate surface area is 82.3 Å². The molecule has 0 aliphatic carbocycles. The van der Waals surface area contributed by atoms with Gasteiger partial charge in [0.05, 0.1) is 0 Å². The lowest BCUT2D eigenvalue weighted by Crippen LogP contribution is -2.00. The predicted octanol–water partition coefficient (Wildman–Crippen LogP) is 3.35. The summed E-state index contributed by atoms with van der Waals surface area (Å²) >= 11 is -0.283. The van der Waals surface area contributed by atoms with Gasteiger partial charge in [-0.15, -0.1) is 0 Å². The monoisotopic (exact) mass is 225 g/mol. The van der Waals surface area contributed by atoms with Gasteiger partial charge in [-0.2, -0.15) is 13.2 Å². The van der Waals surface area contributed by atoms with Gasteiger partial charge in [-0.05, 0) is 30.0 Å². The van der Waals surface area contributed by atoms with E-state index in [0.29, 0.717) is 0 Å². The second-order valence-corrected chi connectivity index (χ2v) is 3.68. The lowest BCUT2D eigenvalue weighted by atomic mass is 10.2. The number of benzene rings is 1. The highest BCUT2D eigenvalue weighted by Crippen LogP contribution is 2.37. The average Bonchev–Trinajstić information content (AvgIpc) is 2.06. The fourth-order valence-electron chi connectivity index (χ4n) is 0.895. The van der Waals surface area contributed by atoms with E-state index in [0.717, 1.165) is 6.07 Å². The topological polar surface area (TPSA) is 26.0 Å². The summed E-state index contributed by atoms with van der Waals surface area (Å²) < 4.78 is 48.0. The third-order valence-corrected chi connectivity index (χ3v) is 2.21. The molecule has 14 heavy (non-hydrogen) atoms. The Kier molecular flexibility index (Phi) is 3.25. The summed E-state index contributed by atoms with van der Waals surface area (Å²) in [5, 5.41) is 0. The van der Waals surface area contributed by atoms with Crippen LogP contribution in [0.15, 0.2) is 23.1 Å². The van der Waals surface area contributed by atoms with Crippen molar-refractivity contribution in [3.8, 4) is 0 Å². The van der Waals surface area contributed by atoms with Gasteiger partial charge in [-0.25, -0.2) is 4.39 Å². The number of rotatable bonds is 2. The summed E-state index contributed by atoms with van der Waals surface area (Å²) in [6.45, 7) is -0.863. The highest BCUT2D eigenvalue weighted by molar-refractivity contribution is 8.00. The van der Waals surface area contributed by atoms with E-state index < -0.39 is 12.2 Å². The molecule has 1 nitrogen and oxygen atoms in total. The molecule has 0 aromatic heterocycles. The lowest BCUT2D eigenvalue weighted by molar-refractivity contribution is -0.0328. The lowest BCUT2D eigenvalue weighted by Gasteiger charge is -2.07. The van der Waals surface area contributed by atoms with Crippen LogP contribution in [-0.2, 0) is 6.67 Å². The highest BCUT2D eigenvalue weighted by Gasteiger charge is 2.29. The number of nitrogens with two attached hydrogens (primary N) is 1. The van der Waals surface area contributed by atoms with Gasteiger partial charge < -0.3 is 5.73 Å². The normalized spacial score (nSPS) is 11.7. The van der Waals surface area contributed by atoms with Gasteiger partial charge in [0.15, 0.2) is 0 Å². The van der Waals surface area contributed by atoms with E-state index in [2.05, 4.69) is 0 Å². The first-order valence-electron chi connectivity index (χ1n) is 3.62. The van der Waals surface area contributed by atoms with Crippen LogP contribution in [0, 0.1) is 0 Å². The minimum absolute atomic E-state index is 0.0562. The van der Waals surface area contributed by atoms with E-state index in [1.165, 1.54) is 12.1 Å².